The van der Waals surface area contributed by atoms with Crippen LogP contribution in [-0.4, -0.2) is 28.4 Å². The van der Waals surface area contributed by atoms with Crippen LogP contribution in [0.5, 0.6) is 0 Å². The van der Waals surface area contributed by atoms with E-state index in [2.05, 4.69) is 11.1 Å². The van der Waals surface area contributed by atoms with Gasteiger partial charge in [-0.1, -0.05) is 0 Å². The van der Waals surface area contributed by atoms with Crippen LogP contribution in [0.3, 0.4) is 0 Å². The number of likely N-dealkylation sites (N-methyl/N-ethyl adjacent to an activating group) is 1. The number of aromatic nitrogens is 1. The minimum absolute atomic E-state index is 0.0439. The normalized spacial score (nSPS) is 25.5. The number of nitrogens with two attached hydrogens (primary N) is 1. The van der Waals surface area contributed by atoms with Crippen LogP contribution in [0, 0.1) is 13.8 Å². The fraction of sp³-hybridized carbons (Fsp3) is 0.583. The van der Waals surface area contributed by atoms with Gasteiger partial charge in [-0.05, 0) is 32.4 Å². The van der Waals surface area contributed by atoms with Gasteiger partial charge in [0.1, 0.15) is 0 Å². The van der Waals surface area contributed by atoms with Crippen molar-refractivity contribution in [3.8, 4) is 0 Å². The third kappa shape index (κ3) is 1.63. The van der Waals surface area contributed by atoms with Gasteiger partial charge in [0.25, 0.3) is 0 Å². The highest BCUT2D eigenvalue weighted by Crippen LogP contribution is 2.33. The van der Waals surface area contributed by atoms with Crippen molar-refractivity contribution in [2.75, 3.05) is 6.54 Å². The molecule has 0 spiro atoms. The highest BCUT2D eigenvalue weighted by Gasteiger charge is 2.38. The molecular weight excluding hydrogens is 202 g/mol. The molecule has 2 atom stereocenters. The van der Waals surface area contributed by atoms with E-state index in [1.807, 2.05) is 25.7 Å². The topological polar surface area (TPSA) is 62.1 Å². The first-order valence-electron chi connectivity index (χ1n) is 5.75. The largest absolute Gasteiger partial charge is 0.362 e. The summed E-state index contributed by atoms with van der Waals surface area (Å²) >= 11 is 0. The zero-order chi connectivity index (χ0) is 11.9. The Labute approximate surface area is 95.8 Å². The maximum Gasteiger partial charge on any atom is 0.224 e. The van der Waals surface area contributed by atoms with Crippen molar-refractivity contribution in [3.63, 3.8) is 0 Å². The van der Waals surface area contributed by atoms with Crippen LogP contribution in [0.25, 0.3) is 0 Å². The molecular formula is C12H19N3O. The second kappa shape index (κ2) is 3.94. The van der Waals surface area contributed by atoms with Gasteiger partial charge in [0.2, 0.25) is 5.91 Å². The molecule has 3 N–H and O–H groups in total. The number of amides is 1. The van der Waals surface area contributed by atoms with E-state index in [4.69, 9.17) is 5.73 Å². The molecule has 16 heavy (non-hydrogen) atoms. The molecule has 2 heterocycles. The molecule has 88 valence electrons. The number of aryl methyl sites for hydroxylation is 2. The van der Waals surface area contributed by atoms with Crippen molar-refractivity contribution in [1.82, 2.24) is 9.88 Å². The summed E-state index contributed by atoms with van der Waals surface area (Å²) in [5.74, 6) is 0.165. The molecule has 0 aromatic carbocycles. The number of hydrogen-bond donors (Lipinski definition) is 2. The number of likely N-dealkylation sites (tertiary alicyclic amines) is 1. The molecule has 0 saturated carbocycles. The first kappa shape index (κ1) is 11.2. The van der Waals surface area contributed by atoms with Gasteiger partial charge >= 0.3 is 0 Å². The number of carbonyl (C=O) groups is 1. The lowest BCUT2D eigenvalue weighted by Crippen LogP contribution is -2.33. The number of nitrogens with zero attached hydrogens (tertiary/aromatic N) is 1. The van der Waals surface area contributed by atoms with E-state index in [1.54, 1.807) is 0 Å². The predicted molar refractivity (Wildman–Crippen MR) is 63.0 cm³/mol. The van der Waals surface area contributed by atoms with Crippen LogP contribution in [0.15, 0.2) is 6.07 Å². The molecule has 1 amide bonds. The molecule has 4 heteroatoms. The number of rotatable bonds is 2. The fourth-order valence-electron chi connectivity index (χ4n) is 2.64. The molecule has 4 nitrogen and oxygen atoms in total. The summed E-state index contributed by atoms with van der Waals surface area (Å²) in [6, 6.07) is 2.06. The van der Waals surface area contributed by atoms with Gasteiger partial charge < -0.3 is 15.6 Å². The molecule has 0 aliphatic carbocycles. The third-order valence-corrected chi connectivity index (χ3v) is 3.32. The van der Waals surface area contributed by atoms with E-state index in [1.165, 1.54) is 0 Å². The zero-order valence-electron chi connectivity index (χ0n) is 10.1. The van der Waals surface area contributed by atoms with Crippen molar-refractivity contribution in [2.24, 2.45) is 5.73 Å². The van der Waals surface area contributed by atoms with E-state index in [9.17, 15) is 4.79 Å². The standard InChI is InChI=1S/C12H19N3O/c1-4-15-11(16)6-10(13)12(15)9-5-7(2)14-8(9)3/h5,10,12,14H,4,6,13H2,1-3H3/t10-,12+/m0/s1. The van der Waals surface area contributed by atoms with Crippen LogP contribution in [0.1, 0.15) is 36.3 Å². The van der Waals surface area contributed by atoms with Crippen LogP contribution in [0.4, 0.5) is 0 Å². The summed E-state index contributed by atoms with van der Waals surface area (Å²) in [6.45, 7) is 6.78. The maximum atomic E-state index is 11.8. The summed E-state index contributed by atoms with van der Waals surface area (Å²) in [7, 11) is 0. The van der Waals surface area contributed by atoms with Gasteiger partial charge in [-0.2, -0.15) is 0 Å². The second-order valence-corrected chi connectivity index (χ2v) is 4.53. The Bertz CT molecular complexity index is 410. The van der Waals surface area contributed by atoms with Gasteiger partial charge in [0, 0.05) is 30.4 Å². The third-order valence-electron chi connectivity index (χ3n) is 3.32. The molecule has 0 radical (unpaired) electrons. The quantitative estimate of drug-likeness (QED) is 0.789. The number of nitrogens with one attached hydrogen (secondary N) is 1. The molecule has 0 bridgehead atoms. The van der Waals surface area contributed by atoms with E-state index in [0.717, 1.165) is 23.5 Å². The number of H-pyrrole nitrogens is 1. The van der Waals surface area contributed by atoms with Crippen molar-refractivity contribution in [2.45, 2.75) is 39.3 Å². The highest BCUT2D eigenvalue weighted by atomic mass is 16.2. The maximum absolute atomic E-state index is 11.8. The Hall–Kier alpha value is -1.29. The van der Waals surface area contributed by atoms with Crippen molar-refractivity contribution in [1.29, 1.82) is 0 Å². The molecule has 1 saturated heterocycles. The Morgan fingerprint density at radius 2 is 2.25 bits per heavy atom. The Balaban J connectivity index is 2.38. The van der Waals surface area contributed by atoms with Gasteiger partial charge in [-0.15, -0.1) is 0 Å². The monoisotopic (exact) mass is 221 g/mol. The lowest BCUT2D eigenvalue weighted by molar-refractivity contribution is -0.128. The first-order chi connectivity index (χ1) is 7.54. The van der Waals surface area contributed by atoms with Gasteiger partial charge in [-0.3, -0.25) is 4.79 Å². The fourth-order valence-corrected chi connectivity index (χ4v) is 2.64. The van der Waals surface area contributed by atoms with Gasteiger partial charge in [0.05, 0.1) is 6.04 Å². The molecule has 1 fully saturated rings. The molecule has 2 rings (SSSR count). The Kier molecular flexibility index (Phi) is 2.76. The predicted octanol–water partition coefficient (Wildman–Crippen LogP) is 1.25. The highest BCUT2D eigenvalue weighted by molar-refractivity contribution is 5.80. The average molecular weight is 221 g/mol. The first-order valence-corrected chi connectivity index (χ1v) is 5.75. The van der Waals surface area contributed by atoms with E-state index in [-0.39, 0.29) is 18.0 Å². The van der Waals surface area contributed by atoms with Crippen LogP contribution in [0.2, 0.25) is 0 Å². The molecule has 0 unspecified atom stereocenters. The lowest BCUT2D eigenvalue weighted by atomic mass is 10.0. The van der Waals surface area contributed by atoms with E-state index in [0.29, 0.717) is 6.42 Å². The summed E-state index contributed by atoms with van der Waals surface area (Å²) in [4.78, 5) is 16.9. The van der Waals surface area contributed by atoms with Crippen molar-refractivity contribution >= 4 is 5.91 Å². The smallest absolute Gasteiger partial charge is 0.224 e. The van der Waals surface area contributed by atoms with E-state index < -0.39 is 0 Å². The minimum Gasteiger partial charge on any atom is -0.362 e. The molecule has 1 aromatic rings. The minimum atomic E-state index is -0.0821. The van der Waals surface area contributed by atoms with Crippen molar-refractivity contribution < 1.29 is 4.79 Å². The van der Waals surface area contributed by atoms with Crippen molar-refractivity contribution in [3.05, 3.63) is 23.0 Å². The Morgan fingerprint density at radius 3 is 2.75 bits per heavy atom. The van der Waals surface area contributed by atoms with E-state index >= 15 is 0 Å². The van der Waals surface area contributed by atoms with Gasteiger partial charge in [0.15, 0.2) is 0 Å². The number of hydrogen-bond acceptors (Lipinski definition) is 2. The lowest BCUT2D eigenvalue weighted by Gasteiger charge is -2.25. The summed E-state index contributed by atoms with van der Waals surface area (Å²) in [5.41, 5.74) is 9.47. The second-order valence-electron chi connectivity index (χ2n) is 4.53. The molecule has 1 aromatic heterocycles. The zero-order valence-corrected chi connectivity index (χ0v) is 10.1. The summed E-state index contributed by atoms with van der Waals surface area (Å²) < 4.78 is 0. The van der Waals surface area contributed by atoms with Gasteiger partial charge in [-0.25, -0.2) is 0 Å². The van der Waals surface area contributed by atoms with Crippen LogP contribution in [-0.2, 0) is 4.79 Å². The SMILES string of the molecule is CCN1C(=O)C[C@H](N)[C@H]1c1cc(C)[nH]c1C. The summed E-state index contributed by atoms with van der Waals surface area (Å²) in [6.07, 6.45) is 0.460. The average Bonchev–Trinajstić information content (AvgIpc) is 2.66. The number of carbonyl (C=O) groups excluding carboxylic acids is 1. The Morgan fingerprint density at radius 1 is 1.56 bits per heavy atom. The molecule has 1 aliphatic heterocycles. The number of aromatic amines is 1. The summed E-state index contributed by atoms with van der Waals surface area (Å²) in [5, 5.41) is 0. The molecule has 1 aliphatic rings. The van der Waals surface area contributed by atoms with Crippen LogP contribution >= 0.6 is 0 Å². The van der Waals surface area contributed by atoms with Crippen LogP contribution < -0.4 is 5.73 Å².